The van der Waals surface area contributed by atoms with Gasteiger partial charge in [-0.3, -0.25) is 4.79 Å². The number of anilines is 1. The quantitative estimate of drug-likeness (QED) is 0.592. The molecule has 0 radical (unpaired) electrons. The van der Waals surface area contributed by atoms with Crippen molar-refractivity contribution in [1.29, 1.82) is 0 Å². The van der Waals surface area contributed by atoms with Crippen LogP contribution in [0.15, 0.2) is 50.2 Å². The highest BCUT2D eigenvalue weighted by Crippen LogP contribution is 2.28. The first-order chi connectivity index (χ1) is 14.3. The molecule has 1 saturated heterocycles. The summed E-state index contributed by atoms with van der Waals surface area (Å²) in [5, 5.41) is 3.00. The van der Waals surface area contributed by atoms with Crippen LogP contribution < -0.4 is 10.2 Å². The van der Waals surface area contributed by atoms with Gasteiger partial charge in [-0.1, -0.05) is 22.0 Å². The number of hydrogen-bond acceptors (Lipinski definition) is 3. The van der Waals surface area contributed by atoms with E-state index in [1.165, 1.54) is 21.9 Å². The molecule has 160 valence electrons. The van der Waals surface area contributed by atoms with Crippen LogP contribution in [0.5, 0.6) is 0 Å². The molecular formula is C21H24Br2N3O3S+. The molecule has 0 unspecified atom stereocenters. The summed E-state index contributed by atoms with van der Waals surface area (Å²) in [4.78, 5) is 13.8. The number of nitrogens with one attached hydrogen (secondary N) is 2. The highest BCUT2D eigenvalue weighted by molar-refractivity contribution is 9.11. The topological polar surface area (TPSA) is 70.9 Å². The van der Waals surface area contributed by atoms with Crippen molar-refractivity contribution in [3.05, 3.63) is 56.5 Å². The standard InChI is InChI=1S/C21H23Br2N3O3S/c22-17-5-7-19(23)20(13-17)30(28,29)26-10-8-25(9-11-26)14-21(27)24-18-6-4-15-2-1-3-16(15)12-18/h4-7,12-13H,1-3,8-11,14H2,(H,24,27)/p+1. The van der Waals surface area contributed by atoms with E-state index in [4.69, 9.17) is 0 Å². The van der Waals surface area contributed by atoms with Crippen molar-refractivity contribution in [2.24, 2.45) is 0 Å². The van der Waals surface area contributed by atoms with Crippen molar-refractivity contribution in [2.45, 2.75) is 24.2 Å². The van der Waals surface area contributed by atoms with Crippen LogP contribution in [0, 0.1) is 0 Å². The van der Waals surface area contributed by atoms with Crippen LogP contribution in [0.25, 0.3) is 0 Å². The molecule has 2 aliphatic rings. The fourth-order valence-electron chi connectivity index (χ4n) is 4.12. The lowest BCUT2D eigenvalue weighted by Gasteiger charge is -2.31. The Bertz CT molecular complexity index is 1070. The van der Waals surface area contributed by atoms with Gasteiger partial charge in [0.2, 0.25) is 10.0 Å². The smallest absolute Gasteiger partial charge is 0.279 e. The van der Waals surface area contributed by atoms with E-state index in [9.17, 15) is 13.2 Å². The average Bonchev–Trinajstić information content (AvgIpc) is 3.18. The average molecular weight is 558 g/mol. The number of halogens is 2. The van der Waals surface area contributed by atoms with E-state index in [0.29, 0.717) is 37.2 Å². The largest absolute Gasteiger partial charge is 0.325 e. The van der Waals surface area contributed by atoms with Crippen molar-refractivity contribution in [2.75, 3.05) is 38.0 Å². The van der Waals surface area contributed by atoms with Crippen molar-refractivity contribution >= 4 is 53.5 Å². The summed E-state index contributed by atoms with van der Waals surface area (Å²) in [7, 11) is -3.58. The molecule has 0 atom stereocenters. The van der Waals surface area contributed by atoms with Gasteiger partial charge in [0, 0.05) is 14.6 Å². The number of carbonyl (C=O) groups is 1. The molecule has 1 aliphatic heterocycles. The maximum Gasteiger partial charge on any atom is 0.279 e. The Balaban J connectivity index is 1.33. The zero-order valence-corrected chi connectivity index (χ0v) is 20.4. The molecule has 0 bridgehead atoms. The number of carbonyl (C=O) groups excluding carboxylic acids is 1. The number of benzene rings is 2. The second-order valence-corrected chi connectivity index (χ2v) is 11.5. The first kappa shape index (κ1) is 22.0. The third kappa shape index (κ3) is 4.80. The van der Waals surface area contributed by atoms with E-state index in [-0.39, 0.29) is 10.8 Å². The molecule has 0 saturated carbocycles. The van der Waals surface area contributed by atoms with Crippen molar-refractivity contribution in [3.63, 3.8) is 0 Å². The van der Waals surface area contributed by atoms with Gasteiger partial charge in [-0.15, -0.1) is 0 Å². The number of hydrogen-bond donors (Lipinski definition) is 2. The summed E-state index contributed by atoms with van der Waals surface area (Å²) in [5.74, 6) is -0.0333. The molecule has 1 fully saturated rings. The fourth-order valence-corrected chi connectivity index (χ4v) is 7.02. The van der Waals surface area contributed by atoms with Crippen LogP contribution in [-0.4, -0.2) is 51.4 Å². The van der Waals surface area contributed by atoms with Crippen LogP contribution in [0.2, 0.25) is 0 Å². The first-order valence-electron chi connectivity index (χ1n) is 10.0. The van der Waals surface area contributed by atoms with Gasteiger partial charge >= 0.3 is 0 Å². The predicted octanol–water partition coefficient (Wildman–Crippen LogP) is 2.23. The lowest BCUT2D eigenvalue weighted by Crippen LogP contribution is -3.15. The van der Waals surface area contributed by atoms with Gasteiger partial charge in [0.1, 0.15) is 0 Å². The molecule has 2 aromatic carbocycles. The molecule has 30 heavy (non-hydrogen) atoms. The number of rotatable bonds is 5. The molecule has 2 N–H and O–H groups in total. The molecular weight excluding hydrogens is 534 g/mol. The molecule has 1 heterocycles. The maximum absolute atomic E-state index is 13.0. The number of quaternary nitrogens is 1. The fraction of sp³-hybridized carbons (Fsp3) is 0.381. The minimum absolute atomic E-state index is 0.0333. The van der Waals surface area contributed by atoms with Crippen LogP contribution in [0.3, 0.4) is 0 Å². The molecule has 6 nitrogen and oxygen atoms in total. The SMILES string of the molecule is O=C(C[NH+]1CCN(S(=O)(=O)c2cc(Br)ccc2Br)CC1)Nc1ccc2c(c1)CCC2. The number of sulfonamides is 1. The zero-order chi connectivity index (χ0) is 21.3. The lowest BCUT2D eigenvalue weighted by molar-refractivity contribution is -0.895. The van der Waals surface area contributed by atoms with Gasteiger partial charge in [0.25, 0.3) is 5.91 Å². The molecule has 0 aromatic heterocycles. The minimum Gasteiger partial charge on any atom is -0.325 e. The Kier molecular flexibility index (Phi) is 6.64. The van der Waals surface area contributed by atoms with Gasteiger partial charge in [-0.05, 0) is 76.7 Å². The van der Waals surface area contributed by atoms with E-state index in [2.05, 4.69) is 49.3 Å². The Morgan fingerprint density at radius 3 is 2.53 bits per heavy atom. The molecule has 1 amide bonds. The maximum atomic E-state index is 13.0. The molecule has 4 rings (SSSR count). The number of fused-ring (bicyclic) bond motifs is 1. The summed E-state index contributed by atoms with van der Waals surface area (Å²) in [6.45, 7) is 2.32. The second-order valence-electron chi connectivity index (χ2n) is 7.79. The lowest BCUT2D eigenvalue weighted by atomic mass is 10.1. The first-order valence-corrected chi connectivity index (χ1v) is 13.1. The van der Waals surface area contributed by atoms with Gasteiger partial charge < -0.3 is 10.2 Å². The van der Waals surface area contributed by atoms with Crippen molar-refractivity contribution in [3.8, 4) is 0 Å². The summed E-state index contributed by atoms with van der Waals surface area (Å²) < 4.78 is 28.8. The predicted molar refractivity (Wildman–Crippen MR) is 123 cm³/mol. The van der Waals surface area contributed by atoms with Crippen molar-refractivity contribution < 1.29 is 18.1 Å². The van der Waals surface area contributed by atoms with Gasteiger partial charge in [0.05, 0.1) is 31.1 Å². The highest BCUT2D eigenvalue weighted by Gasteiger charge is 2.32. The van der Waals surface area contributed by atoms with E-state index >= 15 is 0 Å². The van der Waals surface area contributed by atoms with Crippen LogP contribution in [0.1, 0.15) is 17.5 Å². The molecule has 2 aromatic rings. The Labute approximate surface area is 193 Å². The zero-order valence-electron chi connectivity index (χ0n) is 16.5. The number of nitrogens with zero attached hydrogens (tertiary/aromatic N) is 1. The molecule has 1 aliphatic carbocycles. The van der Waals surface area contributed by atoms with Crippen molar-refractivity contribution in [1.82, 2.24) is 4.31 Å². The summed E-state index contributed by atoms with van der Waals surface area (Å²) in [6.07, 6.45) is 3.38. The Morgan fingerprint density at radius 2 is 1.77 bits per heavy atom. The third-order valence-corrected chi connectivity index (χ3v) is 9.12. The van der Waals surface area contributed by atoms with Gasteiger partial charge in [0.15, 0.2) is 6.54 Å². The molecule has 0 spiro atoms. The van der Waals surface area contributed by atoms with Crippen LogP contribution in [0.4, 0.5) is 5.69 Å². The van der Waals surface area contributed by atoms with Crippen LogP contribution in [-0.2, 0) is 27.7 Å². The van der Waals surface area contributed by atoms with Gasteiger partial charge in [-0.25, -0.2) is 8.42 Å². The normalized spacial score (nSPS) is 17.7. The van der Waals surface area contributed by atoms with E-state index in [1.807, 2.05) is 6.07 Å². The van der Waals surface area contributed by atoms with E-state index in [1.54, 1.807) is 18.2 Å². The summed E-state index contributed by atoms with van der Waals surface area (Å²) in [5.41, 5.74) is 3.56. The molecule has 9 heteroatoms. The number of piperazine rings is 1. The number of aryl methyl sites for hydroxylation is 2. The summed E-state index contributed by atoms with van der Waals surface area (Å²) in [6, 6.07) is 11.3. The monoisotopic (exact) mass is 556 g/mol. The highest BCUT2D eigenvalue weighted by atomic mass is 79.9. The Morgan fingerprint density at radius 1 is 1.03 bits per heavy atom. The summed E-state index contributed by atoms with van der Waals surface area (Å²) >= 11 is 6.68. The van der Waals surface area contributed by atoms with Gasteiger partial charge in [-0.2, -0.15) is 4.31 Å². The second kappa shape index (κ2) is 9.08. The number of amides is 1. The third-order valence-electron chi connectivity index (χ3n) is 5.73. The van der Waals surface area contributed by atoms with E-state index in [0.717, 1.165) is 27.9 Å². The Hall–Kier alpha value is -1.26. The van der Waals surface area contributed by atoms with E-state index < -0.39 is 10.0 Å². The minimum atomic E-state index is -3.58. The van der Waals surface area contributed by atoms with Crippen LogP contribution >= 0.6 is 31.9 Å².